The molecule has 0 aliphatic heterocycles. The first-order valence-corrected chi connectivity index (χ1v) is 7.60. The summed E-state index contributed by atoms with van der Waals surface area (Å²) in [5.41, 5.74) is 3.42. The molecule has 8 heteroatoms. The van der Waals surface area contributed by atoms with Crippen LogP contribution in [0.2, 0.25) is 0 Å². The van der Waals surface area contributed by atoms with Gasteiger partial charge < -0.3 is 19.9 Å². The van der Waals surface area contributed by atoms with Crippen molar-refractivity contribution in [2.24, 2.45) is 0 Å². The number of pyridine rings is 1. The number of esters is 3. The van der Waals surface area contributed by atoms with E-state index < -0.39 is 29.1 Å². The van der Waals surface area contributed by atoms with E-state index in [0.29, 0.717) is 0 Å². The highest BCUT2D eigenvalue weighted by Gasteiger charge is 2.30. The molecule has 0 amide bonds. The molecular weight excluding hydrogens is 328 g/mol. The van der Waals surface area contributed by atoms with Crippen molar-refractivity contribution in [2.75, 3.05) is 12.8 Å². The van der Waals surface area contributed by atoms with Crippen LogP contribution in [0, 0.1) is 0 Å². The number of carbonyl (C=O) groups excluding carboxylic acids is 3. The van der Waals surface area contributed by atoms with E-state index in [1.807, 2.05) is 0 Å². The molecule has 2 N–H and O–H groups in total. The first-order valence-electron chi connectivity index (χ1n) is 7.60. The van der Waals surface area contributed by atoms with Crippen molar-refractivity contribution in [2.45, 2.75) is 52.7 Å². The highest BCUT2D eigenvalue weighted by molar-refractivity contribution is 6.05. The van der Waals surface area contributed by atoms with Gasteiger partial charge in [0.2, 0.25) is 0 Å². The van der Waals surface area contributed by atoms with Gasteiger partial charge in [0.1, 0.15) is 22.6 Å². The van der Waals surface area contributed by atoms with Gasteiger partial charge in [-0.25, -0.2) is 19.4 Å². The number of methoxy groups -OCH3 is 1. The van der Waals surface area contributed by atoms with Crippen molar-refractivity contribution in [3.8, 4) is 0 Å². The van der Waals surface area contributed by atoms with Crippen LogP contribution in [-0.2, 0) is 14.2 Å². The summed E-state index contributed by atoms with van der Waals surface area (Å²) in [6.07, 6.45) is 0. The fraction of sp³-hybridized carbons (Fsp3) is 0.529. The summed E-state index contributed by atoms with van der Waals surface area (Å²) in [6.45, 7) is 10.0. The summed E-state index contributed by atoms with van der Waals surface area (Å²) in [5, 5.41) is 0. The molecule has 0 saturated carbocycles. The molecule has 0 saturated heterocycles. The summed E-state index contributed by atoms with van der Waals surface area (Å²) < 4.78 is 15.1. The molecule has 0 unspecified atom stereocenters. The van der Waals surface area contributed by atoms with Gasteiger partial charge in [-0.2, -0.15) is 0 Å². The number of aromatic nitrogens is 1. The van der Waals surface area contributed by atoms with E-state index in [9.17, 15) is 14.4 Å². The molecule has 8 nitrogen and oxygen atoms in total. The van der Waals surface area contributed by atoms with Gasteiger partial charge in [0.05, 0.1) is 12.7 Å². The molecule has 0 spiro atoms. The molecule has 0 radical (unpaired) electrons. The second kappa shape index (κ2) is 7.08. The Hall–Kier alpha value is -2.64. The largest absolute Gasteiger partial charge is 0.465 e. The van der Waals surface area contributed by atoms with Gasteiger partial charge in [0.15, 0.2) is 5.69 Å². The maximum absolute atomic E-state index is 12.5. The maximum Gasteiger partial charge on any atom is 0.358 e. The molecule has 25 heavy (non-hydrogen) atoms. The molecule has 0 aromatic carbocycles. The van der Waals surface area contributed by atoms with Crippen LogP contribution in [0.15, 0.2) is 6.07 Å². The predicted molar refractivity (Wildman–Crippen MR) is 90.3 cm³/mol. The zero-order valence-electron chi connectivity index (χ0n) is 15.6. The van der Waals surface area contributed by atoms with Crippen molar-refractivity contribution in [3.63, 3.8) is 0 Å². The Kier molecular flexibility index (Phi) is 5.78. The van der Waals surface area contributed by atoms with Crippen molar-refractivity contribution in [1.29, 1.82) is 0 Å². The molecule has 1 rings (SSSR count). The Morgan fingerprint density at radius 2 is 1.36 bits per heavy atom. The second-order valence-corrected chi connectivity index (χ2v) is 7.31. The van der Waals surface area contributed by atoms with Crippen LogP contribution in [0.1, 0.15) is 72.7 Å². The average molecular weight is 352 g/mol. The number of nitrogens with two attached hydrogens (primary N) is 1. The van der Waals surface area contributed by atoms with Crippen LogP contribution in [0.3, 0.4) is 0 Å². The Labute approximate surface area is 146 Å². The number of nitrogens with zero attached hydrogens (tertiary/aromatic N) is 1. The normalized spacial score (nSPS) is 11.6. The van der Waals surface area contributed by atoms with Gasteiger partial charge in [0.25, 0.3) is 0 Å². The molecule has 1 heterocycles. The Morgan fingerprint density at radius 3 is 1.80 bits per heavy atom. The molecule has 0 fully saturated rings. The summed E-state index contributed by atoms with van der Waals surface area (Å²) in [6, 6.07) is 1.13. The molecule has 0 atom stereocenters. The molecule has 0 aliphatic rings. The zero-order valence-corrected chi connectivity index (χ0v) is 15.6. The lowest BCUT2D eigenvalue weighted by Gasteiger charge is -2.22. The number of rotatable bonds is 3. The minimum Gasteiger partial charge on any atom is -0.465 e. The molecule has 138 valence electrons. The monoisotopic (exact) mass is 352 g/mol. The lowest BCUT2D eigenvalue weighted by atomic mass is 10.1. The lowest BCUT2D eigenvalue weighted by Crippen LogP contribution is -2.29. The number of carbonyl (C=O) groups is 3. The number of hydrogen-bond acceptors (Lipinski definition) is 8. The molecule has 0 aliphatic carbocycles. The highest BCUT2D eigenvalue weighted by atomic mass is 16.6. The first-order chi connectivity index (χ1) is 11.2. The number of anilines is 1. The standard InChI is InChI=1S/C17H24N2O6/c1-16(2,3)24-14(21)9-8-10(13(20)23-7)12(18)19-11(9)15(22)25-17(4,5)6/h8H,1-7H3,(H2,18,19). The van der Waals surface area contributed by atoms with E-state index in [-0.39, 0.29) is 22.6 Å². The van der Waals surface area contributed by atoms with Gasteiger partial charge >= 0.3 is 17.9 Å². The Balaban J connectivity index is 3.48. The molecular formula is C17H24N2O6. The van der Waals surface area contributed by atoms with Crippen molar-refractivity contribution in [3.05, 3.63) is 22.9 Å². The zero-order chi connectivity index (χ0) is 19.6. The van der Waals surface area contributed by atoms with Crippen molar-refractivity contribution in [1.82, 2.24) is 4.98 Å². The van der Waals surface area contributed by atoms with Gasteiger partial charge in [-0.3, -0.25) is 0 Å². The summed E-state index contributed by atoms with van der Waals surface area (Å²) in [7, 11) is 1.16. The fourth-order valence-corrected chi connectivity index (χ4v) is 1.77. The lowest BCUT2D eigenvalue weighted by molar-refractivity contribution is 0.00133. The third-order valence-electron chi connectivity index (χ3n) is 2.67. The van der Waals surface area contributed by atoms with E-state index in [1.165, 1.54) is 0 Å². The second-order valence-electron chi connectivity index (χ2n) is 7.31. The Morgan fingerprint density at radius 1 is 0.880 bits per heavy atom. The smallest absolute Gasteiger partial charge is 0.358 e. The van der Waals surface area contributed by atoms with E-state index in [1.54, 1.807) is 41.5 Å². The maximum atomic E-state index is 12.5. The minimum atomic E-state index is -0.850. The topological polar surface area (TPSA) is 118 Å². The van der Waals surface area contributed by atoms with Crippen LogP contribution < -0.4 is 5.73 Å². The van der Waals surface area contributed by atoms with Gasteiger partial charge in [0, 0.05) is 0 Å². The SMILES string of the molecule is COC(=O)c1cc(C(=O)OC(C)(C)C)c(C(=O)OC(C)(C)C)nc1N. The predicted octanol–water partition coefficient (Wildman–Crippen LogP) is 2.36. The van der Waals surface area contributed by atoms with Crippen LogP contribution in [0.4, 0.5) is 5.82 Å². The third-order valence-corrected chi connectivity index (χ3v) is 2.67. The van der Waals surface area contributed by atoms with Crippen LogP contribution in [0.25, 0.3) is 0 Å². The van der Waals surface area contributed by atoms with Gasteiger partial charge in [-0.1, -0.05) is 0 Å². The number of hydrogen-bond donors (Lipinski definition) is 1. The molecule has 1 aromatic heterocycles. The van der Waals surface area contributed by atoms with E-state index in [4.69, 9.17) is 15.2 Å². The minimum absolute atomic E-state index is 0.143. The first kappa shape index (κ1) is 20.4. The van der Waals surface area contributed by atoms with Crippen LogP contribution >= 0.6 is 0 Å². The van der Waals surface area contributed by atoms with Crippen molar-refractivity contribution < 1.29 is 28.6 Å². The summed E-state index contributed by atoms with van der Waals surface area (Å²) >= 11 is 0. The van der Waals surface area contributed by atoms with Crippen LogP contribution in [0.5, 0.6) is 0 Å². The average Bonchev–Trinajstić information content (AvgIpc) is 2.42. The summed E-state index contributed by atoms with van der Waals surface area (Å²) in [4.78, 5) is 40.5. The molecule has 0 bridgehead atoms. The Bertz CT molecular complexity index is 698. The van der Waals surface area contributed by atoms with Gasteiger partial charge in [-0.05, 0) is 47.6 Å². The van der Waals surface area contributed by atoms with Crippen LogP contribution in [-0.4, -0.2) is 41.2 Å². The van der Waals surface area contributed by atoms with Crippen molar-refractivity contribution >= 4 is 23.7 Å². The fourth-order valence-electron chi connectivity index (χ4n) is 1.77. The molecule has 1 aromatic rings. The number of nitrogen functional groups attached to an aromatic ring is 1. The van der Waals surface area contributed by atoms with E-state index >= 15 is 0 Å². The van der Waals surface area contributed by atoms with E-state index in [2.05, 4.69) is 9.72 Å². The van der Waals surface area contributed by atoms with Gasteiger partial charge in [-0.15, -0.1) is 0 Å². The number of ether oxygens (including phenoxy) is 3. The highest BCUT2D eigenvalue weighted by Crippen LogP contribution is 2.22. The van der Waals surface area contributed by atoms with E-state index in [0.717, 1.165) is 13.2 Å². The quantitative estimate of drug-likeness (QED) is 0.650. The third kappa shape index (κ3) is 5.74. The summed E-state index contributed by atoms with van der Waals surface area (Å²) in [5.74, 6) is -2.71.